The smallest absolute Gasteiger partial charge is 0.275 e. The van der Waals surface area contributed by atoms with Crippen LogP contribution in [0, 0.1) is 11.8 Å². The van der Waals surface area contributed by atoms with E-state index in [0.717, 1.165) is 148 Å². The van der Waals surface area contributed by atoms with Gasteiger partial charge >= 0.3 is 0 Å². The van der Waals surface area contributed by atoms with Gasteiger partial charge in [0, 0.05) is 70.5 Å². The lowest BCUT2D eigenvalue weighted by molar-refractivity contribution is -0.126. The van der Waals surface area contributed by atoms with Crippen LogP contribution in [0.1, 0.15) is 86.7 Å². The summed E-state index contributed by atoms with van der Waals surface area (Å²) in [5, 5.41) is 7.23. The first-order valence-electron chi connectivity index (χ1n) is 19.3. The molecule has 7 aliphatic rings. The van der Waals surface area contributed by atoms with Gasteiger partial charge in [0.25, 0.3) is 23.6 Å². The van der Waals surface area contributed by atoms with Crippen molar-refractivity contribution in [3.63, 3.8) is 0 Å². The second kappa shape index (κ2) is 13.5. The van der Waals surface area contributed by atoms with Crippen molar-refractivity contribution in [2.45, 2.75) is 77.0 Å². The molecule has 2 aromatic carbocycles. The lowest BCUT2D eigenvalue weighted by Crippen LogP contribution is -2.37. The summed E-state index contributed by atoms with van der Waals surface area (Å²) in [7, 11) is 0. The number of hydrogen-bond acceptors (Lipinski definition) is 6. The lowest BCUT2D eigenvalue weighted by atomic mass is 9.86. The van der Waals surface area contributed by atoms with Gasteiger partial charge in [-0.3, -0.25) is 29.8 Å². The molecule has 2 aromatic heterocycles. The van der Waals surface area contributed by atoms with Crippen molar-refractivity contribution in [3.05, 3.63) is 82.4 Å². The maximum atomic E-state index is 13.6. The van der Waals surface area contributed by atoms with E-state index in [1.807, 2.05) is 48.5 Å². The molecular weight excluding hydrogens is 652 g/mol. The van der Waals surface area contributed by atoms with Crippen LogP contribution in [-0.2, 0) is 32.0 Å². The van der Waals surface area contributed by atoms with Crippen LogP contribution in [0.2, 0.25) is 0 Å². The van der Waals surface area contributed by atoms with Gasteiger partial charge in [0.1, 0.15) is 11.4 Å². The minimum Gasteiger partial charge on any atom is -0.366 e. The second-order valence-corrected chi connectivity index (χ2v) is 15.4. The largest absolute Gasteiger partial charge is 0.366 e. The van der Waals surface area contributed by atoms with E-state index >= 15 is 0 Å². The fraction of sp³-hybridized carbons (Fsp3) is 0.429. The topological polar surface area (TPSA) is 130 Å². The molecule has 11 rings (SSSR count). The molecule has 0 unspecified atom stereocenters. The molecule has 9 heterocycles. The summed E-state index contributed by atoms with van der Waals surface area (Å²) in [5.74, 6) is 0.00668. The van der Waals surface area contributed by atoms with Gasteiger partial charge in [0.2, 0.25) is 0 Å². The van der Waals surface area contributed by atoms with Crippen LogP contribution >= 0.6 is 0 Å². The number of fused-ring (bicyclic) bond motifs is 4. The Hall–Kier alpha value is -5.12. The van der Waals surface area contributed by atoms with Gasteiger partial charge in [-0.15, -0.1) is 0 Å². The summed E-state index contributed by atoms with van der Waals surface area (Å²) in [6, 6.07) is 16.1. The predicted octanol–water partition coefficient (Wildman–Crippen LogP) is 5.95. The van der Waals surface area contributed by atoms with Crippen LogP contribution in [0.25, 0.3) is 33.0 Å². The molecule has 2 fully saturated rings. The van der Waals surface area contributed by atoms with Crippen molar-refractivity contribution in [3.8, 4) is 0 Å². The number of carbonyl (C=O) groups is 4. The van der Waals surface area contributed by atoms with Crippen molar-refractivity contribution in [1.82, 2.24) is 30.4 Å². The minimum absolute atomic E-state index is 0.285. The highest BCUT2D eigenvalue weighted by Gasteiger charge is 2.40. The molecule has 4 amide bonds. The Morgan fingerprint density at radius 3 is 1.35 bits per heavy atom. The number of carbonyl (C=O) groups excluding carboxylic acids is 4. The first kappa shape index (κ1) is 32.8. The number of amides is 4. The van der Waals surface area contributed by atoms with E-state index in [-0.39, 0.29) is 23.6 Å². The summed E-state index contributed by atoms with van der Waals surface area (Å²) < 4.78 is 0. The van der Waals surface area contributed by atoms with Crippen LogP contribution in [0.15, 0.2) is 59.9 Å². The molecule has 0 spiro atoms. The number of nitrogens with zero attached hydrogens (tertiary/aromatic N) is 2. The summed E-state index contributed by atoms with van der Waals surface area (Å²) in [6.45, 7) is 3.09. The van der Waals surface area contributed by atoms with Gasteiger partial charge in [-0.1, -0.05) is 62.1 Å². The molecule has 52 heavy (non-hydrogen) atoms. The summed E-state index contributed by atoms with van der Waals surface area (Å²) >= 11 is 0. The Bertz CT molecular complexity index is 2020. The van der Waals surface area contributed by atoms with E-state index < -0.39 is 0 Å². The summed E-state index contributed by atoms with van der Waals surface area (Å²) in [6.07, 6.45) is 11.6. The molecule has 0 atom stereocenters. The lowest BCUT2D eigenvalue weighted by Gasteiger charge is -2.35. The minimum atomic E-state index is -0.310. The molecule has 10 nitrogen and oxygen atoms in total. The molecule has 0 aliphatic carbocycles. The molecule has 268 valence electrons. The molecule has 4 N–H and O–H groups in total. The molecule has 10 heteroatoms. The van der Waals surface area contributed by atoms with Crippen molar-refractivity contribution < 1.29 is 19.2 Å². The van der Waals surface area contributed by atoms with Gasteiger partial charge in [-0.25, -0.2) is 0 Å². The van der Waals surface area contributed by atoms with Crippen LogP contribution in [0.3, 0.4) is 0 Å². The van der Waals surface area contributed by atoms with Gasteiger partial charge in [0.15, 0.2) is 0 Å². The number of nitrogens with one attached hydrogen (secondary N) is 4. The number of H-pyrrole nitrogens is 2. The van der Waals surface area contributed by atoms with Crippen LogP contribution in [0.5, 0.6) is 0 Å². The standard InChI is InChI=1S/C42H46N6O4/c49-39-35-33-27-11-4-6-13-29(27)43-31(33)15-2-1-3-16-32-34(28-12-5-7-14-30(28)44-32)36-38(42(52)46-40(36)50)48-23-19-26(20-24-48)10-8-9-25-17-21-47(22-18-25)37(35)41(51)45-39/h4-7,11-14,25-26,43-44H,1-3,8-10,15-24H2,(H,45,49,51)(H,46,50,52). The number of rotatable bonds is 0. The third kappa shape index (κ3) is 5.72. The zero-order valence-corrected chi connectivity index (χ0v) is 29.6. The van der Waals surface area contributed by atoms with E-state index in [0.29, 0.717) is 34.4 Å². The zero-order chi connectivity index (χ0) is 35.3. The monoisotopic (exact) mass is 698 g/mol. The van der Waals surface area contributed by atoms with Crippen molar-refractivity contribution in [1.29, 1.82) is 0 Å². The van der Waals surface area contributed by atoms with Crippen LogP contribution in [0.4, 0.5) is 0 Å². The maximum Gasteiger partial charge on any atom is 0.275 e. The van der Waals surface area contributed by atoms with Crippen molar-refractivity contribution in [2.75, 3.05) is 26.2 Å². The Morgan fingerprint density at radius 2 is 0.904 bits per heavy atom. The molecule has 2 saturated heterocycles. The molecule has 0 radical (unpaired) electrons. The Morgan fingerprint density at radius 1 is 0.481 bits per heavy atom. The number of piperidine rings is 2. The highest BCUT2D eigenvalue weighted by Crippen LogP contribution is 2.39. The van der Waals surface area contributed by atoms with E-state index in [4.69, 9.17) is 0 Å². The number of aryl methyl sites for hydroxylation is 2. The highest BCUT2D eigenvalue weighted by atomic mass is 16.2. The Labute approximate surface area is 303 Å². The number of imide groups is 2. The molecular formula is C42H46N6O4. The van der Waals surface area contributed by atoms with E-state index in [2.05, 4.69) is 30.4 Å². The first-order valence-corrected chi connectivity index (χ1v) is 19.3. The van der Waals surface area contributed by atoms with Crippen LogP contribution in [-0.4, -0.2) is 69.6 Å². The second-order valence-electron chi connectivity index (χ2n) is 15.4. The normalized spacial score (nSPS) is 23.5. The van der Waals surface area contributed by atoms with Crippen LogP contribution < -0.4 is 10.6 Å². The SMILES string of the molecule is O=C1NC(=O)C2=C1c1c([nH]c3ccccc13)CCCCCc1[nH]c3ccccc3c1C1=C(C(=O)NC1=O)N1CCC(CCCC3CCN2CC3)CC1. The summed E-state index contributed by atoms with van der Waals surface area (Å²) in [4.78, 5) is 65.6. The van der Waals surface area contributed by atoms with E-state index in [9.17, 15) is 19.2 Å². The van der Waals surface area contributed by atoms with E-state index in [1.165, 1.54) is 0 Å². The average Bonchev–Trinajstić information content (AvgIpc) is 3.86. The number of hydrogen-bond donors (Lipinski definition) is 4. The fourth-order valence-electron chi connectivity index (χ4n) is 9.67. The Balaban J connectivity index is 1.07. The maximum absolute atomic E-state index is 13.6. The zero-order valence-electron chi connectivity index (χ0n) is 29.6. The number of para-hydroxylation sites is 2. The van der Waals surface area contributed by atoms with Crippen molar-refractivity contribution in [2.24, 2.45) is 11.8 Å². The van der Waals surface area contributed by atoms with Gasteiger partial charge < -0.3 is 19.8 Å². The van der Waals surface area contributed by atoms with Crippen molar-refractivity contribution >= 4 is 56.6 Å². The van der Waals surface area contributed by atoms with E-state index in [1.54, 1.807) is 0 Å². The quantitative estimate of drug-likeness (QED) is 0.168. The van der Waals surface area contributed by atoms with Gasteiger partial charge in [0.05, 0.1) is 11.1 Å². The highest BCUT2D eigenvalue weighted by molar-refractivity contribution is 6.38. The third-order valence-corrected chi connectivity index (χ3v) is 12.3. The molecule has 0 saturated carbocycles. The molecule has 4 aromatic rings. The van der Waals surface area contributed by atoms with Gasteiger partial charge in [-0.2, -0.15) is 0 Å². The number of aromatic amines is 2. The molecule has 7 aliphatic heterocycles. The van der Waals surface area contributed by atoms with Gasteiger partial charge in [-0.05, 0) is 75.3 Å². The Kier molecular flexibility index (Phi) is 8.48. The summed E-state index contributed by atoms with van der Waals surface area (Å²) in [5.41, 5.74) is 7.67. The number of aromatic nitrogens is 2. The third-order valence-electron chi connectivity index (χ3n) is 12.3. The number of benzene rings is 2. The predicted molar refractivity (Wildman–Crippen MR) is 200 cm³/mol. The molecule has 4 bridgehead atoms. The first-order chi connectivity index (χ1) is 25.4. The average molecular weight is 699 g/mol. The fourth-order valence-corrected chi connectivity index (χ4v) is 9.67.